The Bertz CT molecular complexity index is 383. The van der Waals surface area contributed by atoms with E-state index < -0.39 is 0 Å². The Hall–Kier alpha value is -1.51. The summed E-state index contributed by atoms with van der Waals surface area (Å²) >= 11 is 0. The standard InChI is InChI=1S/C11H12O.C3H6O2/c1-2-9(8-4-5-8)10-6-7-12-11(10)3-1;1-2-5-3-4/h1-3,8H,4-7H2;3H,2H2,1H3. The van der Waals surface area contributed by atoms with Crippen LogP contribution in [0.25, 0.3) is 0 Å². The zero-order chi connectivity index (χ0) is 12.1. The van der Waals surface area contributed by atoms with Gasteiger partial charge in [-0.1, -0.05) is 12.1 Å². The fourth-order valence-electron chi connectivity index (χ4n) is 2.09. The predicted molar refractivity (Wildman–Crippen MR) is 65.3 cm³/mol. The van der Waals surface area contributed by atoms with E-state index in [1.165, 1.54) is 18.4 Å². The number of fused-ring (bicyclic) bond motifs is 1. The molecule has 17 heavy (non-hydrogen) atoms. The third kappa shape index (κ3) is 2.99. The molecule has 0 unspecified atom stereocenters. The zero-order valence-corrected chi connectivity index (χ0v) is 10.1. The molecule has 1 fully saturated rings. The molecule has 1 aliphatic heterocycles. The van der Waals surface area contributed by atoms with Crippen LogP contribution in [0.3, 0.4) is 0 Å². The summed E-state index contributed by atoms with van der Waals surface area (Å²) in [4.78, 5) is 9.18. The smallest absolute Gasteiger partial charge is 0.293 e. The summed E-state index contributed by atoms with van der Waals surface area (Å²) in [6.07, 6.45) is 3.90. The molecule has 1 heterocycles. The summed E-state index contributed by atoms with van der Waals surface area (Å²) in [7, 11) is 0. The first-order chi connectivity index (χ1) is 8.36. The van der Waals surface area contributed by atoms with Gasteiger partial charge < -0.3 is 9.47 Å². The summed E-state index contributed by atoms with van der Waals surface area (Å²) < 4.78 is 9.67. The van der Waals surface area contributed by atoms with Crippen molar-refractivity contribution in [1.29, 1.82) is 0 Å². The molecule has 0 bridgehead atoms. The van der Waals surface area contributed by atoms with Crippen molar-refractivity contribution in [3.8, 4) is 5.75 Å². The first-order valence-electron chi connectivity index (χ1n) is 6.16. The van der Waals surface area contributed by atoms with Crippen LogP contribution in [-0.4, -0.2) is 19.7 Å². The second-order valence-electron chi connectivity index (χ2n) is 4.25. The molecule has 3 nitrogen and oxygen atoms in total. The number of carbonyl (C=O) groups excluding carboxylic acids is 1. The summed E-state index contributed by atoms with van der Waals surface area (Å²) in [6, 6.07) is 6.48. The largest absolute Gasteiger partial charge is 0.493 e. The Balaban J connectivity index is 0.000000188. The Morgan fingerprint density at radius 3 is 2.88 bits per heavy atom. The maximum absolute atomic E-state index is 9.18. The third-order valence-corrected chi connectivity index (χ3v) is 3.03. The Morgan fingerprint density at radius 2 is 2.29 bits per heavy atom. The average molecular weight is 234 g/mol. The van der Waals surface area contributed by atoms with E-state index in [0.717, 1.165) is 24.7 Å². The number of ether oxygens (including phenoxy) is 2. The van der Waals surface area contributed by atoms with Crippen molar-refractivity contribution < 1.29 is 14.3 Å². The van der Waals surface area contributed by atoms with Gasteiger partial charge in [0.1, 0.15) is 5.75 Å². The van der Waals surface area contributed by atoms with Gasteiger partial charge in [0, 0.05) is 12.0 Å². The molecule has 1 aromatic carbocycles. The van der Waals surface area contributed by atoms with Crippen molar-refractivity contribution in [3.63, 3.8) is 0 Å². The van der Waals surface area contributed by atoms with Crippen LogP contribution >= 0.6 is 0 Å². The lowest BCUT2D eigenvalue weighted by Crippen LogP contribution is -1.88. The van der Waals surface area contributed by atoms with E-state index in [1.807, 2.05) is 0 Å². The van der Waals surface area contributed by atoms with E-state index in [0.29, 0.717) is 13.1 Å². The van der Waals surface area contributed by atoms with Crippen LogP contribution < -0.4 is 4.74 Å². The van der Waals surface area contributed by atoms with Gasteiger partial charge in [-0.05, 0) is 37.3 Å². The maximum Gasteiger partial charge on any atom is 0.293 e. The van der Waals surface area contributed by atoms with Gasteiger partial charge in [0.15, 0.2) is 0 Å². The summed E-state index contributed by atoms with van der Waals surface area (Å²) in [5, 5.41) is 0. The summed E-state index contributed by atoms with van der Waals surface area (Å²) in [5.74, 6) is 2.00. The number of carbonyl (C=O) groups is 1. The molecule has 0 spiro atoms. The van der Waals surface area contributed by atoms with Gasteiger partial charge in [-0.3, -0.25) is 4.79 Å². The molecule has 3 heteroatoms. The van der Waals surface area contributed by atoms with E-state index in [4.69, 9.17) is 4.74 Å². The van der Waals surface area contributed by atoms with Gasteiger partial charge in [0.05, 0.1) is 13.2 Å². The number of hydrogen-bond acceptors (Lipinski definition) is 3. The molecule has 1 aliphatic carbocycles. The fraction of sp³-hybridized carbons (Fsp3) is 0.500. The maximum atomic E-state index is 9.18. The molecule has 0 atom stereocenters. The molecule has 0 amide bonds. The topological polar surface area (TPSA) is 35.5 Å². The molecular formula is C14H18O3. The van der Waals surface area contributed by atoms with Gasteiger partial charge in [-0.25, -0.2) is 0 Å². The van der Waals surface area contributed by atoms with Crippen LogP contribution in [0.15, 0.2) is 18.2 Å². The van der Waals surface area contributed by atoms with Gasteiger partial charge in [0.2, 0.25) is 0 Å². The molecule has 0 saturated heterocycles. The van der Waals surface area contributed by atoms with E-state index in [9.17, 15) is 4.79 Å². The Morgan fingerprint density at radius 1 is 1.47 bits per heavy atom. The molecule has 2 aliphatic rings. The molecule has 92 valence electrons. The average Bonchev–Trinajstić information content (AvgIpc) is 3.08. The molecule has 3 rings (SSSR count). The lowest BCUT2D eigenvalue weighted by Gasteiger charge is -2.03. The van der Waals surface area contributed by atoms with Crippen molar-refractivity contribution in [1.82, 2.24) is 0 Å². The van der Waals surface area contributed by atoms with Crippen LogP contribution in [0, 0.1) is 0 Å². The highest BCUT2D eigenvalue weighted by atomic mass is 16.5. The van der Waals surface area contributed by atoms with Crippen LogP contribution in [0.1, 0.15) is 36.8 Å². The van der Waals surface area contributed by atoms with Crippen LogP contribution in [0.2, 0.25) is 0 Å². The van der Waals surface area contributed by atoms with Crippen molar-refractivity contribution in [2.45, 2.75) is 32.1 Å². The van der Waals surface area contributed by atoms with Crippen molar-refractivity contribution >= 4 is 6.47 Å². The summed E-state index contributed by atoms with van der Waals surface area (Å²) in [5.41, 5.74) is 3.05. The van der Waals surface area contributed by atoms with Crippen molar-refractivity contribution in [2.24, 2.45) is 0 Å². The van der Waals surface area contributed by atoms with E-state index in [2.05, 4.69) is 22.9 Å². The minimum Gasteiger partial charge on any atom is -0.493 e. The van der Waals surface area contributed by atoms with E-state index in [1.54, 1.807) is 12.5 Å². The molecule has 0 radical (unpaired) electrons. The fourth-order valence-corrected chi connectivity index (χ4v) is 2.09. The first kappa shape index (κ1) is 12.0. The third-order valence-electron chi connectivity index (χ3n) is 3.03. The normalized spacial score (nSPS) is 16.3. The van der Waals surface area contributed by atoms with Crippen LogP contribution in [0.4, 0.5) is 0 Å². The van der Waals surface area contributed by atoms with Crippen LogP contribution in [0.5, 0.6) is 5.75 Å². The Labute approximate surface area is 102 Å². The van der Waals surface area contributed by atoms with Crippen molar-refractivity contribution in [3.05, 3.63) is 29.3 Å². The van der Waals surface area contributed by atoms with Crippen molar-refractivity contribution in [2.75, 3.05) is 13.2 Å². The van der Waals surface area contributed by atoms with Gasteiger partial charge >= 0.3 is 0 Å². The lowest BCUT2D eigenvalue weighted by atomic mass is 10.0. The molecule has 1 aromatic rings. The Kier molecular flexibility index (Phi) is 4.02. The molecule has 1 saturated carbocycles. The zero-order valence-electron chi connectivity index (χ0n) is 10.1. The first-order valence-corrected chi connectivity index (χ1v) is 6.16. The number of rotatable bonds is 3. The molecule has 0 N–H and O–H groups in total. The van der Waals surface area contributed by atoms with Gasteiger partial charge in [-0.15, -0.1) is 0 Å². The summed E-state index contributed by atoms with van der Waals surface area (Å²) in [6.45, 7) is 3.55. The van der Waals surface area contributed by atoms with E-state index in [-0.39, 0.29) is 0 Å². The minimum atomic E-state index is 0.431. The monoisotopic (exact) mass is 234 g/mol. The lowest BCUT2D eigenvalue weighted by molar-refractivity contribution is -0.128. The second kappa shape index (κ2) is 5.71. The minimum absolute atomic E-state index is 0.431. The number of benzene rings is 1. The van der Waals surface area contributed by atoms with Gasteiger partial charge in [0.25, 0.3) is 6.47 Å². The van der Waals surface area contributed by atoms with Crippen LogP contribution in [-0.2, 0) is 16.0 Å². The highest BCUT2D eigenvalue weighted by molar-refractivity contribution is 5.45. The molecular weight excluding hydrogens is 216 g/mol. The quantitative estimate of drug-likeness (QED) is 0.754. The van der Waals surface area contributed by atoms with E-state index >= 15 is 0 Å². The second-order valence-corrected chi connectivity index (χ2v) is 4.25. The highest BCUT2D eigenvalue weighted by Gasteiger charge is 2.28. The molecule has 0 aromatic heterocycles. The highest BCUT2D eigenvalue weighted by Crippen LogP contribution is 2.44. The predicted octanol–water partition coefficient (Wildman–Crippen LogP) is 2.68. The SMILES string of the molecule is CCOC=O.c1cc2c(c(C3CC3)c1)CCO2. The number of hydrogen-bond donors (Lipinski definition) is 0. The van der Waals surface area contributed by atoms with Gasteiger partial charge in [-0.2, -0.15) is 0 Å².